The first-order chi connectivity index (χ1) is 9.20. The molecule has 0 saturated heterocycles. The Morgan fingerprint density at radius 3 is 2.68 bits per heavy atom. The van der Waals surface area contributed by atoms with Crippen LogP contribution in [0.15, 0.2) is 36.5 Å². The summed E-state index contributed by atoms with van der Waals surface area (Å²) in [5.74, 6) is 0. The second-order valence-electron chi connectivity index (χ2n) is 4.24. The number of para-hydroxylation sites is 1. The van der Waals surface area contributed by atoms with Gasteiger partial charge in [0.1, 0.15) is 0 Å². The van der Waals surface area contributed by atoms with Gasteiger partial charge >= 0.3 is 0 Å². The highest BCUT2D eigenvalue weighted by Gasteiger charge is 2.05. The van der Waals surface area contributed by atoms with Gasteiger partial charge in [-0.1, -0.05) is 18.2 Å². The summed E-state index contributed by atoms with van der Waals surface area (Å²) >= 11 is 5.26. The first kappa shape index (κ1) is 13.5. The lowest BCUT2D eigenvalue weighted by Crippen LogP contribution is -2.28. The third-order valence-corrected chi connectivity index (χ3v) is 3.22. The zero-order chi connectivity index (χ0) is 13.7. The van der Waals surface area contributed by atoms with Gasteiger partial charge in [-0.15, -0.1) is 0 Å². The fraction of sp³-hybridized carbons (Fsp3) is 0.286. The fourth-order valence-electron chi connectivity index (χ4n) is 1.85. The molecule has 2 N–H and O–H groups in total. The molecule has 100 valence electrons. The number of rotatable bonds is 4. The van der Waals surface area contributed by atoms with Crippen LogP contribution in [-0.2, 0) is 13.1 Å². The van der Waals surface area contributed by atoms with Gasteiger partial charge in [0.2, 0.25) is 0 Å². The van der Waals surface area contributed by atoms with Crippen molar-refractivity contribution in [1.29, 1.82) is 0 Å². The molecule has 1 aromatic heterocycles. The van der Waals surface area contributed by atoms with E-state index >= 15 is 0 Å². The molecule has 0 spiro atoms. The van der Waals surface area contributed by atoms with Crippen molar-refractivity contribution in [1.82, 2.24) is 15.1 Å². The Hall–Kier alpha value is -1.88. The molecular formula is C14H18N4S. The minimum atomic E-state index is 0.620. The van der Waals surface area contributed by atoms with Gasteiger partial charge in [-0.25, -0.2) is 0 Å². The molecule has 19 heavy (non-hydrogen) atoms. The van der Waals surface area contributed by atoms with Gasteiger partial charge in [0.15, 0.2) is 5.11 Å². The second kappa shape index (κ2) is 6.33. The molecule has 0 aliphatic heterocycles. The van der Waals surface area contributed by atoms with Gasteiger partial charge in [0.05, 0.1) is 6.20 Å². The topological polar surface area (TPSA) is 41.9 Å². The summed E-state index contributed by atoms with van der Waals surface area (Å²) < 4.78 is 1.98. The molecule has 0 amide bonds. The maximum absolute atomic E-state index is 5.26. The molecule has 0 aliphatic rings. The predicted molar refractivity (Wildman–Crippen MR) is 82.1 cm³/mol. The number of hydrogen-bond acceptors (Lipinski definition) is 2. The van der Waals surface area contributed by atoms with Crippen LogP contribution in [0.1, 0.15) is 18.2 Å². The summed E-state index contributed by atoms with van der Waals surface area (Å²) in [5, 5.41) is 11.3. The van der Waals surface area contributed by atoms with E-state index in [1.54, 1.807) is 0 Å². The monoisotopic (exact) mass is 274 g/mol. The lowest BCUT2D eigenvalue weighted by atomic mass is 10.2. The summed E-state index contributed by atoms with van der Waals surface area (Å²) in [6.07, 6.45) is 1.89. The third kappa shape index (κ3) is 3.54. The maximum atomic E-state index is 5.26. The number of hydrogen-bond donors (Lipinski definition) is 2. The van der Waals surface area contributed by atoms with E-state index in [4.69, 9.17) is 12.2 Å². The number of thiocarbonyl (C=S) groups is 1. The Labute approximate surface area is 118 Å². The molecule has 4 nitrogen and oxygen atoms in total. The maximum Gasteiger partial charge on any atom is 0.171 e. The molecule has 0 bridgehead atoms. The minimum absolute atomic E-state index is 0.620. The summed E-state index contributed by atoms with van der Waals surface area (Å²) in [7, 11) is 0. The van der Waals surface area contributed by atoms with Crippen LogP contribution in [0.4, 0.5) is 5.69 Å². The Morgan fingerprint density at radius 2 is 2.05 bits per heavy atom. The molecule has 5 heteroatoms. The van der Waals surface area contributed by atoms with Crippen molar-refractivity contribution in [2.24, 2.45) is 0 Å². The average molecular weight is 274 g/mol. The van der Waals surface area contributed by atoms with E-state index in [9.17, 15) is 0 Å². The molecule has 0 atom stereocenters. The van der Waals surface area contributed by atoms with Crippen LogP contribution in [0.3, 0.4) is 0 Å². The van der Waals surface area contributed by atoms with E-state index in [2.05, 4.69) is 29.6 Å². The average Bonchev–Trinajstić information content (AvgIpc) is 2.78. The number of nitrogens with one attached hydrogen (secondary N) is 2. The van der Waals surface area contributed by atoms with E-state index in [0.29, 0.717) is 11.7 Å². The van der Waals surface area contributed by atoms with Gasteiger partial charge in [0, 0.05) is 30.0 Å². The first-order valence-electron chi connectivity index (χ1n) is 6.32. The van der Waals surface area contributed by atoms with Crippen LogP contribution in [0.25, 0.3) is 0 Å². The Bertz CT molecular complexity index is 548. The highest BCUT2D eigenvalue weighted by molar-refractivity contribution is 7.80. The smallest absolute Gasteiger partial charge is 0.171 e. The molecule has 0 unspecified atom stereocenters. The Morgan fingerprint density at radius 1 is 1.32 bits per heavy atom. The minimum Gasteiger partial charge on any atom is -0.358 e. The normalized spacial score (nSPS) is 10.2. The highest BCUT2D eigenvalue weighted by Crippen LogP contribution is 2.07. The molecule has 2 rings (SSSR count). The summed E-state index contributed by atoms with van der Waals surface area (Å²) in [4.78, 5) is 0. The van der Waals surface area contributed by atoms with Gasteiger partial charge < -0.3 is 10.6 Å². The van der Waals surface area contributed by atoms with Crippen molar-refractivity contribution >= 4 is 23.0 Å². The summed E-state index contributed by atoms with van der Waals surface area (Å²) in [5.41, 5.74) is 3.33. The van der Waals surface area contributed by atoms with Crippen molar-refractivity contribution in [2.75, 3.05) is 5.32 Å². The molecule has 0 aliphatic carbocycles. The van der Waals surface area contributed by atoms with Crippen LogP contribution in [0.5, 0.6) is 0 Å². The summed E-state index contributed by atoms with van der Waals surface area (Å²) in [6, 6.07) is 9.88. The van der Waals surface area contributed by atoms with Crippen LogP contribution in [0.2, 0.25) is 0 Å². The van der Waals surface area contributed by atoms with Crippen molar-refractivity contribution in [3.63, 3.8) is 0 Å². The number of aryl methyl sites for hydroxylation is 1. The highest BCUT2D eigenvalue weighted by atomic mass is 32.1. The summed E-state index contributed by atoms with van der Waals surface area (Å²) in [6.45, 7) is 5.73. The number of nitrogens with zero attached hydrogens (tertiary/aromatic N) is 2. The second-order valence-corrected chi connectivity index (χ2v) is 4.65. The molecule has 2 aromatic rings. The van der Waals surface area contributed by atoms with Crippen molar-refractivity contribution in [3.8, 4) is 0 Å². The van der Waals surface area contributed by atoms with Crippen LogP contribution >= 0.6 is 12.2 Å². The van der Waals surface area contributed by atoms with E-state index in [1.807, 2.05) is 41.2 Å². The van der Waals surface area contributed by atoms with Crippen molar-refractivity contribution in [2.45, 2.75) is 26.9 Å². The van der Waals surface area contributed by atoms with E-state index in [1.165, 1.54) is 11.3 Å². The van der Waals surface area contributed by atoms with Crippen LogP contribution < -0.4 is 10.6 Å². The third-order valence-electron chi connectivity index (χ3n) is 2.98. The molecule has 0 radical (unpaired) electrons. The number of benzene rings is 1. The van der Waals surface area contributed by atoms with Crippen LogP contribution in [-0.4, -0.2) is 14.9 Å². The van der Waals surface area contributed by atoms with Gasteiger partial charge in [-0.2, -0.15) is 5.10 Å². The quantitative estimate of drug-likeness (QED) is 0.841. The molecule has 1 heterocycles. The first-order valence-corrected chi connectivity index (χ1v) is 6.72. The largest absolute Gasteiger partial charge is 0.358 e. The zero-order valence-corrected chi connectivity index (χ0v) is 12.0. The lowest BCUT2D eigenvalue weighted by Gasteiger charge is -2.10. The molecule has 0 saturated carbocycles. The van der Waals surface area contributed by atoms with Crippen molar-refractivity contribution in [3.05, 3.63) is 47.8 Å². The molecule has 0 fully saturated rings. The molecule has 1 aromatic carbocycles. The van der Waals surface area contributed by atoms with Gasteiger partial charge in [0.25, 0.3) is 0 Å². The molecular weight excluding hydrogens is 256 g/mol. The Kier molecular flexibility index (Phi) is 4.52. The fourth-order valence-corrected chi connectivity index (χ4v) is 2.04. The zero-order valence-electron chi connectivity index (χ0n) is 11.2. The van der Waals surface area contributed by atoms with Gasteiger partial charge in [-0.05, 0) is 38.2 Å². The standard InChI is InChI=1S/C14H18N4S/c1-3-18-11(2)12(10-16-18)9-15-14(19)17-13-7-5-4-6-8-13/h4-8,10H,3,9H2,1-2H3,(H2,15,17,19). The van der Waals surface area contributed by atoms with E-state index in [0.717, 1.165) is 12.2 Å². The Balaban J connectivity index is 1.88. The number of anilines is 1. The SMILES string of the molecule is CCn1ncc(CNC(=S)Nc2ccccc2)c1C. The van der Waals surface area contributed by atoms with Crippen molar-refractivity contribution < 1.29 is 0 Å². The lowest BCUT2D eigenvalue weighted by molar-refractivity contribution is 0.638. The predicted octanol–water partition coefficient (Wildman–Crippen LogP) is 2.70. The van der Waals surface area contributed by atoms with Crippen LogP contribution in [0, 0.1) is 6.92 Å². The van der Waals surface area contributed by atoms with Gasteiger partial charge in [-0.3, -0.25) is 4.68 Å². The van der Waals surface area contributed by atoms with E-state index in [-0.39, 0.29) is 0 Å². The number of aromatic nitrogens is 2. The van der Waals surface area contributed by atoms with E-state index < -0.39 is 0 Å².